The van der Waals surface area contributed by atoms with E-state index in [9.17, 15) is 9.59 Å². The lowest BCUT2D eigenvalue weighted by Gasteiger charge is -2.16. The molecule has 1 aromatic rings. The van der Waals surface area contributed by atoms with E-state index in [1.54, 1.807) is 12.1 Å². The maximum Gasteiger partial charge on any atom is 0.329 e. The number of methoxy groups -OCH3 is 3. The first-order valence-corrected chi connectivity index (χ1v) is 7.29. The molecule has 0 atom stereocenters. The first kappa shape index (κ1) is 16.9. The van der Waals surface area contributed by atoms with E-state index in [1.165, 1.54) is 21.3 Å². The normalized spacial score (nSPS) is 14.7. The van der Waals surface area contributed by atoms with Gasteiger partial charge in [0.15, 0.2) is 11.5 Å². The number of amides is 1. The SMILES string of the molecule is COc1ccc(CCC(=O)NC2(C(=O)O)CC2)c(OC)c1OC. The van der Waals surface area contributed by atoms with E-state index < -0.39 is 11.5 Å². The van der Waals surface area contributed by atoms with E-state index >= 15 is 0 Å². The van der Waals surface area contributed by atoms with E-state index in [0.717, 1.165) is 5.56 Å². The van der Waals surface area contributed by atoms with Crippen molar-refractivity contribution < 1.29 is 28.9 Å². The second kappa shape index (κ2) is 6.76. The van der Waals surface area contributed by atoms with Gasteiger partial charge in [-0.05, 0) is 30.9 Å². The Labute approximate surface area is 134 Å². The summed E-state index contributed by atoms with van der Waals surface area (Å²) < 4.78 is 15.9. The fourth-order valence-electron chi connectivity index (χ4n) is 2.45. The van der Waals surface area contributed by atoms with Crippen LogP contribution < -0.4 is 19.5 Å². The zero-order chi connectivity index (χ0) is 17.0. The highest BCUT2D eigenvalue weighted by atomic mass is 16.5. The molecule has 0 spiro atoms. The van der Waals surface area contributed by atoms with Crippen LogP contribution in [0.2, 0.25) is 0 Å². The molecule has 1 fully saturated rings. The first-order chi connectivity index (χ1) is 11.0. The number of hydrogen-bond donors (Lipinski definition) is 2. The van der Waals surface area contributed by atoms with Gasteiger partial charge in [0.25, 0.3) is 0 Å². The van der Waals surface area contributed by atoms with Crippen molar-refractivity contribution in [3.63, 3.8) is 0 Å². The van der Waals surface area contributed by atoms with Gasteiger partial charge in [0.2, 0.25) is 11.7 Å². The summed E-state index contributed by atoms with van der Waals surface area (Å²) in [6.45, 7) is 0. The first-order valence-electron chi connectivity index (χ1n) is 7.29. The van der Waals surface area contributed by atoms with Crippen LogP contribution in [0.15, 0.2) is 12.1 Å². The van der Waals surface area contributed by atoms with Gasteiger partial charge in [0.05, 0.1) is 21.3 Å². The number of aliphatic carboxylic acids is 1. The summed E-state index contributed by atoms with van der Waals surface area (Å²) in [5.74, 6) is 0.257. The van der Waals surface area contributed by atoms with Gasteiger partial charge in [-0.2, -0.15) is 0 Å². The molecule has 7 heteroatoms. The van der Waals surface area contributed by atoms with E-state index in [2.05, 4.69) is 5.32 Å². The number of hydrogen-bond acceptors (Lipinski definition) is 5. The zero-order valence-electron chi connectivity index (χ0n) is 13.5. The Kier molecular flexibility index (Phi) is 4.98. The van der Waals surface area contributed by atoms with Gasteiger partial charge >= 0.3 is 5.97 Å². The molecule has 0 bridgehead atoms. The van der Waals surface area contributed by atoms with Crippen molar-refractivity contribution in [2.45, 2.75) is 31.2 Å². The molecule has 0 aliphatic heterocycles. The summed E-state index contributed by atoms with van der Waals surface area (Å²) in [5.41, 5.74) is -0.265. The third-order valence-corrected chi connectivity index (χ3v) is 3.95. The summed E-state index contributed by atoms with van der Waals surface area (Å²) in [6, 6.07) is 3.55. The number of nitrogens with one attached hydrogen (secondary N) is 1. The van der Waals surface area contributed by atoms with Crippen LogP contribution in [0.3, 0.4) is 0 Å². The van der Waals surface area contributed by atoms with Crippen molar-refractivity contribution in [2.75, 3.05) is 21.3 Å². The second-order valence-electron chi connectivity index (χ2n) is 5.43. The molecule has 2 rings (SSSR count). The monoisotopic (exact) mass is 323 g/mol. The Bertz CT molecular complexity index is 609. The number of carboxylic acid groups (broad SMARTS) is 1. The predicted octanol–water partition coefficient (Wildman–Crippen LogP) is 1.38. The van der Waals surface area contributed by atoms with E-state index in [1.807, 2.05) is 0 Å². The summed E-state index contributed by atoms with van der Waals surface area (Å²) in [6.07, 6.45) is 1.54. The number of aryl methyl sites for hydroxylation is 1. The average Bonchev–Trinajstić information content (AvgIpc) is 3.32. The molecule has 0 aromatic heterocycles. The minimum Gasteiger partial charge on any atom is -0.493 e. The molecule has 7 nitrogen and oxygen atoms in total. The quantitative estimate of drug-likeness (QED) is 0.750. The van der Waals surface area contributed by atoms with Crippen molar-refractivity contribution in [3.05, 3.63) is 17.7 Å². The Morgan fingerprint density at radius 2 is 1.78 bits per heavy atom. The summed E-state index contributed by atoms with van der Waals surface area (Å²) in [7, 11) is 4.57. The van der Waals surface area contributed by atoms with Gasteiger partial charge < -0.3 is 24.6 Å². The lowest BCUT2D eigenvalue weighted by atomic mass is 10.1. The third kappa shape index (κ3) is 3.49. The molecule has 1 aliphatic carbocycles. The lowest BCUT2D eigenvalue weighted by Crippen LogP contribution is -2.43. The number of carbonyl (C=O) groups is 2. The second-order valence-corrected chi connectivity index (χ2v) is 5.43. The van der Waals surface area contributed by atoms with E-state index in [4.69, 9.17) is 19.3 Å². The highest BCUT2D eigenvalue weighted by Gasteiger charge is 2.51. The molecule has 1 aliphatic rings. The maximum atomic E-state index is 12.0. The molecule has 126 valence electrons. The van der Waals surface area contributed by atoms with Crippen molar-refractivity contribution in [3.8, 4) is 17.2 Å². The molecule has 0 saturated heterocycles. The lowest BCUT2D eigenvalue weighted by molar-refractivity contribution is -0.143. The van der Waals surface area contributed by atoms with E-state index in [0.29, 0.717) is 36.5 Å². The van der Waals surface area contributed by atoms with Crippen LogP contribution in [0.25, 0.3) is 0 Å². The van der Waals surface area contributed by atoms with Crippen LogP contribution in [0, 0.1) is 0 Å². The van der Waals surface area contributed by atoms with Crippen LogP contribution in [0.1, 0.15) is 24.8 Å². The fraction of sp³-hybridized carbons (Fsp3) is 0.500. The van der Waals surface area contributed by atoms with Crippen LogP contribution >= 0.6 is 0 Å². The fourth-order valence-corrected chi connectivity index (χ4v) is 2.45. The number of benzene rings is 1. The average molecular weight is 323 g/mol. The zero-order valence-corrected chi connectivity index (χ0v) is 13.5. The molecule has 0 unspecified atom stereocenters. The Hall–Kier alpha value is -2.44. The Morgan fingerprint density at radius 1 is 1.13 bits per heavy atom. The van der Waals surface area contributed by atoms with Gasteiger partial charge in [-0.25, -0.2) is 4.79 Å². The maximum absolute atomic E-state index is 12.0. The third-order valence-electron chi connectivity index (χ3n) is 3.95. The molecular formula is C16H21NO6. The Balaban J connectivity index is 2.06. The van der Waals surface area contributed by atoms with Crippen molar-refractivity contribution in [2.24, 2.45) is 0 Å². The largest absolute Gasteiger partial charge is 0.493 e. The topological polar surface area (TPSA) is 94.1 Å². The number of carbonyl (C=O) groups excluding carboxylic acids is 1. The highest BCUT2D eigenvalue weighted by Crippen LogP contribution is 2.40. The smallest absolute Gasteiger partial charge is 0.329 e. The van der Waals surface area contributed by atoms with Gasteiger partial charge in [-0.3, -0.25) is 4.79 Å². The Morgan fingerprint density at radius 3 is 2.26 bits per heavy atom. The standard InChI is InChI=1S/C16H21NO6/c1-21-11-6-4-10(13(22-2)14(11)23-3)5-7-12(18)17-16(8-9-16)15(19)20/h4,6H,5,7-9H2,1-3H3,(H,17,18)(H,19,20). The van der Waals surface area contributed by atoms with Crippen molar-refractivity contribution >= 4 is 11.9 Å². The number of ether oxygens (including phenoxy) is 3. The predicted molar refractivity (Wildman–Crippen MR) is 82.2 cm³/mol. The van der Waals surface area contributed by atoms with Gasteiger partial charge in [0, 0.05) is 6.42 Å². The van der Waals surface area contributed by atoms with Crippen molar-refractivity contribution in [1.29, 1.82) is 0 Å². The minimum atomic E-state index is -1.06. The molecule has 1 saturated carbocycles. The summed E-state index contributed by atoms with van der Waals surface area (Å²) in [4.78, 5) is 23.1. The molecule has 0 heterocycles. The molecule has 1 aromatic carbocycles. The molecular weight excluding hydrogens is 302 g/mol. The molecule has 2 N–H and O–H groups in total. The van der Waals surface area contributed by atoms with Crippen molar-refractivity contribution in [1.82, 2.24) is 5.32 Å². The van der Waals surface area contributed by atoms with Crippen LogP contribution in [0.5, 0.6) is 17.2 Å². The van der Waals surface area contributed by atoms with Gasteiger partial charge in [-0.15, -0.1) is 0 Å². The molecule has 0 radical (unpaired) electrons. The highest BCUT2D eigenvalue weighted by molar-refractivity contribution is 5.89. The molecule has 1 amide bonds. The summed E-state index contributed by atoms with van der Waals surface area (Å²) >= 11 is 0. The van der Waals surface area contributed by atoms with Gasteiger partial charge in [0.1, 0.15) is 5.54 Å². The van der Waals surface area contributed by atoms with Gasteiger partial charge in [-0.1, -0.05) is 6.07 Å². The number of rotatable bonds is 8. The van der Waals surface area contributed by atoms with Crippen LogP contribution in [-0.4, -0.2) is 43.9 Å². The number of carboxylic acids is 1. The minimum absolute atomic E-state index is 0.168. The summed E-state index contributed by atoms with van der Waals surface area (Å²) in [5, 5.41) is 11.7. The van der Waals surface area contributed by atoms with Crippen LogP contribution in [-0.2, 0) is 16.0 Å². The van der Waals surface area contributed by atoms with Crippen LogP contribution in [0.4, 0.5) is 0 Å². The van der Waals surface area contributed by atoms with E-state index in [-0.39, 0.29) is 12.3 Å². The molecule has 23 heavy (non-hydrogen) atoms.